The zero-order valence-corrected chi connectivity index (χ0v) is 18.0. The second kappa shape index (κ2) is 19.2. The normalized spacial score (nSPS) is 9.11. The number of aliphatic carboxylic acids is 2. The van der Waals surface area contributed by atoms with Gasteiger partial charge in [-0.3, -0.25) is 9.59 Å². The second-order valence-electron chi connectivity index (χ2n) is 4.12. The number of rotatable bonds is 11. The molecule has 0 spiro atoms. The molecular weight excluding hydrogens is 286 g/mol. The van der Waals surface area contributed by atoms with Gasteiger partial charge in [0.15, 0.2) is 0 Å². The fraction of sp³-hybridized carbons (Fsp3) is 0.833. The van der Waals surface area contributed by atoms with E-state index < -0.39 is 11.9 Å². The standard InChI is InChI=1S/C12H22O4.2K/c13-11(14)9-7-5-3-1-2-4-6-8-10-12(15)16;;/h1-10H2,(H,13,14)(H,15,16);;. The molecule has 0 aromatic rings. The maximum atomic E-state index is 10.2. The maximum absolute atomic E-state index is 10.2. The summed E-state index contributed by atoms with van der Waals surface area (Å²) in [6.45, 7) is 0. The minimum atomic E-state index is -0.714. The van der Waals surface area contributed by atoms with Crippen molar-refractivity contribution >= 4 is 115 Å². The van der Waals surface area contributed by atoms with Gasteiger partial charge in [0.05, 0.1) is 0 Å². The third kappa shape index (κ3) is 23.3. The Kier molecular flexibility index (Phi) is 26.9. The quantitative estimate of drug-likeness (QED) is 0.454. The molecule has 4 nitrogen and oxygen atoms in total. The van der Waals surface area contributed by atoms with Crippen LogP contribution in [0.2, 0.25) is 0 Å². The molecule has 6 heteroatoms. The van der Waals surface area contributed by atoms with Crippen LogP contribution in [0.15, 0.2) is 0 Å². The summed E-state index contributed by atoms with van der Waals surface area (Å²) in [5.41, 5.74) is 0. The molecule has 0 bridgehead atoms. The van der Waals surface area contributed by atoms with Crippen LogP contribution in [0, 0.1) is 0 Å². The Morgan fingerprint density at radius 3 is 1.00 bits per heavy atom. The fourth-order valence-electron chi connectivity index (χ4n) is 1.61. The first kappa shape index (κ1) is 25.2. The molecular formula is C12H22K2O4. The molecule has 96 valence electrons. The first-order valence-electron chi connectivity index (χ1n) is 6.06. The van der Waals surface area contributed by atoms with E-state index in [1.54, 1.807) is 0 Å². The Bertz CT molecular complexity index is 188. The van der Waals surface area contributed by atoms with E-state index in [1.807, 2.05) is 0 Å². The summed E-state index contributed by atoms with van der Waals surface area (Å²) in [4.78, 5) is 20.4. The Morgan fingerprint density at radius 2 is 0.778 bits per heavy atom. The molecule has 0 saturated carbocycles. The third-order valence-corrected chi connectivity index (χ3v) is 2.53. The van der Waals surface area contributed by atoms with Crippen LogP contribution >= 0.6 is 0 Å². The van der Waals surface area contributed by atoms with Crippen LogP contribution in [0.25, 0.3) is 0 Å². The van der Waals surface area contributed by atoms with E-state index in [4.69, 9.17) is 10.2 Å². The largest absolute Gasteiger partial charge is 0.481 e. The zero-order chi connectivity index (χ0) is 12.2. The first-order valence-corrected chi connectivity index (χ1v) is 6.06. The summed E-state index contributed by atoms with van der Waals surface area (Å²) in [6.07, 6.45) is 8.51. The number of hydrogen-bond donors (Lipinski definition) is 2. The van der Waals surface area contributed by atoms with Gasteiger partial charge in [-0.1, -0.05) is 38.5 Å². The predicted octanol–water partition coefficient (Wildman–Crippen LogP) is 2.29. The molecule has 0 aliphatic carbocycles. The molecule has 0 aromatic carbocycles. The third-order valence-electron chi connectivity index (χ3n) is 2.53. The molecule has 0 atom stereocenters. The van der Waals surface area contributed by atoms with Crippen molar-refractivity contribution in [1.29, 1.82) is 0 Å². The van der Waals surface area contributed by atoms with Gasteiger partial charge in [0.25, 0.3) is 0 Å². The zero-order valence-electron chi connectivity index (χ0n) is 11.8. The van der Waals surface area contributed by atoms with Crippen molar-refractivity contribution in [3.05, 3.63) is 0 Å². The van der Waals surface area contributed by atoms with E-state index in [-0.39, 0.29) is 116 Å². The summed E-state index contributed by atoms with van der Waals surface area (Å²) in [5.74, 6) is -1.43. The second-order valence-corrected chi connectivity index (χ2v) is 4.12. The van der Waals surface area contributed by atoms with Crippen molar-refractivity contribution in [2.24, 2.45) is 0 Å². The fourth-order valence-corrected chi connectivity index (χ4v) is 1.61. The van der Waals surface area contributed by atoms with Gasteiger partial charge in [0.1, 0.15) is 0 Å². The number of unbranched alkanes of at least 4 members (excludes halogenated alkanes) is 7. The van der Waals surface area contributed by atoms with E-state index >= 15 is 0 Å². The average molecular weight is 308 g/mol. The van der Waals surface area contributed by atoms with Gasteiger partial charge in [-0.25, -0.2) is 0 Å². The van der Waals surface area contributed by atoms with Gasteiger partial charge < -0.3 is 10.2 Å². The number of carboxylic acid groups (broad SMARTS) is 2. The van der Waals surface area contributed by atoms with Gasteiger partial charge in [-0.2, -0.15) is 0 Å². The van der Waals surface area contributed by atoms with Gasteiger partial charge in [0, 0.05) is 116 Å². The average Bonchev–Trinajstić information content (AvgIpc) is 2.20. The summed E-state index contributed by atoms with van der Waals surface area (Å²) in [5, 5.41) is 16.8. The smallest absolute Gasteiger partial charge is 0.303 e. The summed E-state index contributed by atoms with van der Waals surface area (Å²) in [6, 6.07) is 0. The summed E-state index contributed by atoms with van der Waals surface area (Å²) in [7, 11) is 0. The SMILES string of the molecule is O=C(O)CCCCCCCCCCC(=O)O.[K].[K]. The Labute approximate surface area is 195 Å². The molecule has 0 aliphatic rings. The summed E-state index contributed by atoms with van der Waals surface area (Å²) >= 11 is 0. The number of carbonyl (C=O) groups is 2. The van der Waals surface area contributed by atoms with E-state index in [1.165, 1.54) is 0 Å². The van der Waals surface area contributed by atoms with Crippen LogP contribution in [0.5, 0.6) is 0 Å². The Morgan fingerprint density at radius 1 is 0.556 bits per heavy atom. The van der Waals surface area contributed by atoms with E-state index in [0.29, 0.717) is 0 Å². The molecule has 0 heterocycles. The van der Waals surface area contributed by atoms with Crippen LogP contribution in [-0.2, 0) is 9.59 Å². The molecule has 0 rings (SSSR count). The molecule has 18 heavy (non-hydrogen) atoms. The summed E-state index contributed by atoms with van der Waals surface area (Å²) < 4.78 is 0. The van der Waals surface area contributed by atoms with Crippen molar-refractivity contribution in [3.8, 4) is 0 Å². The van der Waals surface area contributed by atoms with E-state index in [9.17, 15) is 9.59 Å². The van der Waals surface area contributed by atoms with Crippen molar-refractivity contribution in [3.63, 3.8) is 0 Å². The predicted molar refractivity (Wildman–Crippen MR) is 72.9 cm³/mol. The number of hydrogen-bond acceptors (Lipinski definition) is 2. The van der Waals surface area contributed by atoms with Gasteiger partial charge in [-0.05, 0) is 12.8 Å². The van der Waals surface area contributed by atoms with Gasteiger partial charge in [0.2, 0.25) is 0 Å². The molecule has 0 aliphatic heterocycles. The van der Waals surface area contributed by atoms with Crippen molar-refractivity contribution in [1.82, 2.24) is 0 Å². The van der Waals surface area contributed by atoms with Gasteiger partial charge in [-0.15, -0.1) is 0 Å². The molecule has 2 N–H and O–H groups in total. The minimum Gasteiger partial charge on any atom is -0.481 e. The molecule has 0 fully saturated rings. The Balaban J connectivity index is -0.00000112. The first-order chi connectivity index (χ1) is 7.63. The molecule has 0 saturated heterocycles. The van der Waals surface area contributed by atoms with Crippen LogP contribution in [0.3, 0.4) is 0 Å². The maximum Gasteiger partial charge on any atom is 0.303 e. The molecule has 0 unspecified atom stereocenters. The van der Waals surface area contributed by atoms with Crippen molar-refractivity contribution in [2.45, 2.75) is 64.2 Å². The van der Waals surface area contributed by atoms with Crippen LogP contribution < -0.4 is 0 Å². The number of carboxylic acids is 2. The monoisotopic (exact) mass is 308 g/mol. The van der Waals surface area contributed by atoms with Crippen molar-refractivity contribution < 1.29 is 19.8 Å². The Hall–Kier alpha value is 2.21. The van der Waals surface area contributed by atoms with Crippen molar-refractivity contribution in [2.75, 3.05) is 0 Å². The topological polar surface area (TPSA) is 74.6 Å². The van der Waals surface area contributed by atoms with Crippen LogP contribution in [0.1, 0.15) is 64.2 Å². The van der Waals surface area contributed by atoms with E-state index in [2.05, 4.69) is 0 Å². The van der Waals surface area contributed by atoms with Crippen LogP contribution in [-0.4, -0.2) is 125 Å². The molecule has 0 aromatic heterocycles. The molecule has 2 radical (unpaired) electrons. The van der Waals surface area contributed by atoms with Gasteiger partial charge >= 0.3 is 11.9 Å². The minimum absolute atomic E-state index is 0. The van der Waals surface area contributed by atoms with E-state index in [0.717, 1.165) is 51.4 Å². The van der Waals surface area contributed by atoms with Crippen LogP contribution in [0.4, 0.5) is 0 Å². The molecule has 0 amide bonds.